The molecular weight excluding hydrogens is 342 g/mol. The van der Waals surface area contributed by atoms with Crippen molar-refractivity contribution in [1.82, 2.24) is 15.1 Å². The van der Waals surface area contributed by atoms with Gasteiger partial charge in [0.05, 0.1) is 11.7 Å². The minimum atomic E-state index is -0.0189. The molecule has 1 aliphatic heterocycles. The molecule has 1 aliphatic carbocycles. The SMILES string of the molecule is O=C1c2[nH]nc(-c3ccccc3)c2C(c2cccs2)N1C1CCCCC1. The van der Waals surface area contributed by atoms with Crippen LogP contribution < -0.4 is 0 Å². The second-order valence-electron chi connectivity index (χ2n) is 7.15. The third-order valence-electron chi connectivity index (χ3n) is 5.63. The topological polar surface area (TPSA) is 49.0 Å². The van der Waals surface area contributed by atoms with E-state index in [1.54, 1.807) is 11.3 Å². The first-order valence-corrected chi connectivity index (χ1v) is 10.2. The number of carbonyl (C=O) groups is 1. The number of aromatic nitrogens is 2. The van der Waals surface area contributed by atoms with Crippen molar-refractivity contribution in [3.63, 3.8) is 0 Å². The lowest BCUT2D eigenvalue weighted by Crippen LogP contribution is -2.40. The zero-order chi connectivity index (χ0) is 17.5. The van der Waals surface area contributed by atoms with Gasteiger partial charge in [0.15, 0.2) is 0 Å². The average molecular weight is 363 g/mol. The van der Waals surface area contributed by atoms with Gasteiger partial charge in [0, 0.05) is 22.0 Å². The Morgan fingerprint density at radius 1 is 1.04 bits per heavy atom. The van der Waals surface area contributed by atoms with Crippen LogP contribution in [0.25, 0.3) is 11.3 Å². The molecule has 5 rings (SSSR count). The van der Waals surface area contributed by atoms with Gasteiger partial charge in [-0.3, -0.25) is 9.89 Å². The van der Waals surface area contributed by atoms with Crippen LogP contribution >= 0.6 is 11.3 Å². The summed E-state index contributed by atoms with van der Waals surface area (Å²) in [6.45, 7) is 0. The van der Waals surface area contributed by atoms with Crippen LogP contribution in [0, 0.1) is 0 Å². The molecule has 26 heavy (non-hydrogen) atoms. The Balaban J connectivity index is 1.65. The highest BCUT2D eigenvalue weighted by Gasteiger charge is 2.45. The lowest BCUT2D eigenvalue weighted by Gasteiger charge is -2.35. The molecule has 3 heterocycles. The summed E-state index contributed by atoms with van der Waals surface area (Å²) in [4.78, 5) is 16.7. The summed E-state index contributed by atoms with van der Waals surface area (Å²) in [5, 5.41) is 9.69. The number of nitrogens with one attached hydrogen (secondary N) is 1. The standard InChI is InChI=1S/C21H21N3OS/c25-21-19-17(18(22-23-19)14-8-3-1-4-9-14)20(16-12-7-13-26-16)24(21)15-10-5-2-6-11-15/h1,3-4,7-9,12-13,15,20H,2,5-6,10-11H2,(H,22,23). The summed E-state index contributed by atoms with van der Waals surface area (Å²) in [6.07, 6.45) is 5.91. The normalized spacial score (nSPS) is 20.5. The Morgan fingerprint density at radius 3 is 2.58 bits per heavy atom. The van der Waals surface area contributed by atoms with Crippen molar-refractivity contribution < 1.29 is 4.79 Å². The third-order valence-corrected chi connectivity index (χ3v) is 6.56. The molecule has 1 fully saturated rings. The van der Waals surface area contributed by atoms with Crippen LogP contribution in [0.3, 0.4) is 0 Å². The Morgan fingerprint density at radius 2 is 1.85 bits per heavy atom. The molecule has 1 unspecified atom stereocenters. The molecule has 1 aromatic carbocycles. The van der Waals surface area contributed by atoms with Gasteiger partial charge < -0.3 is 4.90 Å². The Bertz CT molecular complexity index is 910. The molecule has 1 saturated carbocycles. The predicted octanol–water partition coefficient (Wildman–Crippen LogP) is 5.02. The van der Waals surface area contributed by atoms with E-state index in [2.05, 4.69) is 44.7 Å². The van der Waals surface area contributed by atoms with Crippen molar-refractivity contribution in [3.05, 3.63) is 64.0 Å². The molecule has 0 radical (unpaired) electrons. The Kier molecular flexibility index (Phi) is 3.89. The van der Waals surface area contributed by atoms with E-state index in [4.69, 9.17) is 0 Å². The molecule has 0 saturated heterocycles. The number of nitrogens with zero attached hydrogens (tertiary/aromatic N) is 2. The van der Waals surface area contributed by atoms with Crippen LogP contribution in [-0.4, -0.2) is 27.0 Å². The van der Waals surface area contributed by atoms with Crippen LogP contribution in [0.4, 0.5) is 0 Å². The molecule has 2 aliphatic rings. The summed E-state index contributed by atoms with van der Waals surface area (Å²) in [5.41, 5.74) is 3.69. The molecule has 1 atom stereocenters. The highest BCUT2D eigenvalue weighted by molar-refractivity contribution is 7.10. The lowest BCUT2D eigenvalue weighted by molar-refractivity contribution is 0.0609. The number of fused-ring (bicyclic) bond motifs is 1. The smallest absolute Gasteiger partial charge is 0.273 e. The molecule has 3 aromatic rings. The number of amides is 1. The molecule has 2 aromatic heterocycles. The number of carbonyl (C=O) groups excluding carboxylic acids is 1. The predicted molar refractivity (Wildman–Crippen MR) is 103 cm³/mol. The number of benzene rings is 1. The highest BCUT2D eigenvalue weighted by atomic mass is 32.1. The molecule has 1 N–H and O–H groups in total. The Hall–Kier alpha value is -2.40. The quantitative estimate of drug-likeness (QED) is 0.710. The van der Waals surface area contributed by atoms with Crippen molar-refractivity contribution in [2.24, 2.45) is 0 Å². The second-order valence-corrected chi connectivity index (χ2v) is 8.13. The van der Waals surface area contributed by atoms with E-state index in [0.29, 0.717) is 11.7 Å². The third kappa shape index (κ3) is 2.42. The fraction of sp³-hybridized carbons (Fsp3) is 0.333. The molecule has 132 valence electrons. The van der Waals surface area contributed by atoms with Crippen LogP contribution in [0.15, 0.2) is 47.8 Å². The van der Waals surface area contributed by atoms with Crippen LogP contribution in [-0.2, 0) is 0 Å². The van der Waals surface area contributed by atoms with E-state index in [1.165, 1.54) is 24.1 Å². The van der Waals surface area contributed by atoms with Crippen molar-refractivity contribution in [3.8, 4) is 11.3 Å². The fourth-order valence-corrected chi connectivity index (χ4v) is 5.28. The number of aromatic amines is 1. The van der Waals surface area contributed by atoms with Crippen molar-refractivity contribution in [2.45, 2.75) is 44.2 Å². The van der Waals surface area contributed by atoms with Crippen molar-refractivity contribution >= 4 is 17.2 Å². The van der Waals surface area contributed by atoms with E-state index in [9.17, 15) is 4.79 Å². The van der Waals surface area contributed by atoms with E-state index in [0.717, 1.165) is 29.7 Å². The van der Waals surface area contributed by atoms with Crippen molar-refractivity contribution in [2.75, 3.05) is 0 Å². The average Bonchev–Trinajstić information content (AvgIpc) is 3.41. The number of H-pyrrole nitrogens is 1. The van der Waals surface area contributed by atoms with Gasteiger partial charge >= 0.3 is 0 Å². The summed E-state index contributed by atoms with van der Waals surface area (Å²) < 4.78 is 0. The molecule has 0 spiro atoms. The molecular formula is C21H21N3OS. The maximum atomic E-state index is 13.3. The van der Waals surface area contributed by atoms with Gasteiger partial charge in [-0.15, -0.1) is 11.3 Å². The van der Waals surface area contributed by atoms with E-state index >= 15 is 0 Å². The fourth-order valence-electron chi connectivity index (χ4n) is 4.44. The minimum absolute atomic E-state index is 0.0189. The Labute approximate surface area is 156 Å². The van der Waals surface area contributed by atoms with Gasteiger partial charge in [-0.05, 0) is 24.3 Å². The molecule has 5 heteroatoms. The zero-order valence-corrected chi connectivity index (χ0v) is 15.3. The van der Waals surface area contributed by atoms with Gasteiger partial charge in [-0.1, -0.05) is 55.7 Å². The summed E-state index contributed by atoms with van der Waals surface area (Å²) in [7, 11) is 0. The van der Waals surface area contributed by atoms with E-state index in [-0.39, 0.29) is 11.9 Å². The first kappa shape index (κ1) is 15.8. The number of hydrogen-bond acceptors (Lipinski definition) is 3. The number of thiophene rings is 1. The van der Waals surface area contributed by atoms with Gasteiger partial charge in [0.25, 0.3) is 5.91 Å². The van der Waals surface area contributed by atoms with E-state index < -0.39 is 0 Å². The van der Waals surface area contributed by atoms with Gasteiger partial charge in [-0.25, -0.2) is 0 Å². The monoisotopic (exact) mass is 363 g/mol. The van der Waals surface area contributed by atoms with E-state index in [1.807, 2.05) is 18.2 Å². The van der Waals surface area contributed by atoms with Gasteiger partial charge in [0.1, 0.15) is 5.69 Å². The first-order chi connectivity index (χ1) is 12.8. The molecule has 4 nitrogen and oxygen atoms in total. The van der Waals surface area contributed by atoms with Gasteiger partial charge in [0.2, 0.25) is 0 Å². The minimum Gasteiger partial charge on any atom is -0.322 e. The number of hydrogen-bond donors (Lipinski definition) is 1. The largest absolute Gasteiger partial charge is 0.322 e. The first-order valence-electron chi connectivity index (χ1n) is 9.34. The highest BCUT2D eigenvalue weighted by Crippen LogP contribution is 2.46. The van der Waals surface area contributed by atoms with Crippen LogP contribution in [0.2, 0.25) is 0 Å². The van der Waals surface area contributed by atoms with Crippen LogP contribution in [0.5, 0.6) is 0 Å². The number of rotatable bonds is 3. The van der Waals surface area contributed by atoms with Crippen LogP contribution in [0.1, 0.15) is 59.1 Å². The summed E-state index contributed by atoms with van der Waals surface area (Å²) in [5.74, 6) is 0.111. The summed E-state index contributed by atoms with van der Waals surface area (Å²) >= 11 is 1.73. The second kappa shape index (κ2) is 6.40. The molecule has 1 amide bonds. The van der Waals surface area contributed by atoms with Crippen molar-refractivity contribution in [1.29, 1.82) is 0 Å². The lowest BCUT2D eigenvalue weighted by atomic mass is 9.92. The van der Waals surface area contributed by atoms with Gasteiger partial charge in [-0.2, -0.15) is 5.10 Å². The maximum absolute atomic E-state index is 13.3. The molecule has 0 bridgehead atoms. The summed E-state index contributed by atoms with van der Waals surface area (Å²) in [6, 6.07) is 14.7. The maximum Gasteiger partial charge on any atom is 0.273 e. The zero-order valence-electron chi connectivity index (χ0n) is 14.5.